The second kappa shape index (κ2) is 5.49. The summed E-state index contributed by atoms with van der Waals surface area (Å²) < 4.78 is 5.08. The van der Waals surface area contributed by atoms with E-state index in [0.717, 1.165) is 37.0 Å². The van der Waals surface area contributed by atoms with Crippen LogP contribution in [0.15, 0.2) is 0 Å². The van der Waals surface area contributed by atoms with E-state index in [0.29, 0.717) is 12.8 Å². The van der Waals surface area contributed by atoms with Gasteiger partial charge in [0.25, 0.3) is 5.91 Å². The van der Waals surface area contributed by atoms with Gasteiger partial charge in [-0.25, -0.2) is 4.79 Å². The van der Waals surface area contributed by atoms with Gasteiger partial charge in [0.2, 0.25) is 5.91 Å². The van der Waals surface area contributed by atoms with Crippen molar-refractivity contribution in [2.75, 3.05) is 6.61 Å². The van der Waals surface area contributed by atoms with Crippen LogP contribution in [-0.2, 0) is 19.1 Å². The third-order valence-electron chi connectivity index (χ3n) is 6.07. The molecule has 0 aromatic rings. The van der Waals surface area contributed by atoms with Gasteiger partial charge in [-0.15, -0.1) is 0 Å². The van der Waals surface area contributed by atoms with Crippen LogP contribution in [0.25, 0.3) is 0 Å². The topological polar surface area (TPSA) is 84.5 Å². The molecule has 6 heteroatoms. The fourth-order valence-corrected chi connectivity index (χ4v) is 5.62. The Morgan fingerprint density at radius 3 is 2.26 bits per heavy atom. The zero-order chi connectivity index (χ0) is 16.0. The molecule has 0 spiro atoms. The molecule has 4 aliphatic carbocycles. The SMILES string of the molecule is O=C1CCC(C(=O)OCC(=O)NC23CC4CC(CC(C4)C2)C3)N1. The lowest BCUT2D eigenvalue weighted by Gasteiger charge is -2.56. The maximum Gasteiger partial charge on any atom is 0.329 e. The van der Waals surface area contributed by atoms with E-state index in [9.17, 15) is 14.4 Å². The van der Waals surface area contributed by atoms with Crippen molar-refractivity contribution in [1.82, 2.24) is 10.6 Å². The zero-order valence-electron chi connectivity index (χ0n) is 13.3. The summed E-state index contributed by atoms with van der Waals surface area (Å²) in [6.45, 7) is -0.243. The van der Waals surface area contributed by atoms with Crippen molar-refractivity contribution >= 4 is 17.8 Å². The fourth-order valence-electron chi connectivity index (χ4n) is 5.62. The van der Waals surface area contributed by atoms with Crippen molar-refractivity contribution in [3.05, 3.63) is 0 Å². The van der Waals surface area contributed by atoms with Gasteiger partial charge >= 0.3 is 5.97 Å². The molecule has 0 aromatic heterocycles. The fraction of sp³-hybridized carbons (Fsp3) is 0.824. The quantitative estimate of drug-likeness (QED) is 0.754. The maximum absolute atomic E-state index is 12.2. The second-order valence-corrected chi connectivity index (χ2v) is 8.01. The smallest absolute Gasteiger partial charge is 0.329 e. The molecule has 5 fully saturated rings. The molecule has 126 valence electrons. The van der Waals surface area contributed by atoms with Crippen LogP contribution in [0.4, 0.5) is 0 Å². The highest BCUT2D eigenvalue weighted by molar-refractivity contribution is 5.89. The largest absolute Gasteiger partial charge is 0.454 e. The van der Waals surface area contributed by atoms with Crippen molar-refractivity contribution < 1.29 is 19.1 Å². The molecule has 1 unspecified atom stereocenters. The van der Waals surface area contributed by atoms with Gasteiger partial charge in [-0.1, -0.05) is 0 Å². The van der Waals surface area contributed by atoms with Crippen LogP contribution in [0.2, 0.25) is 0 Å². The number of carbonyl (C=O) groups is 3. The standard InChI is InChI=1S/C17H24N2O4/c20-14-2-1-13(18-14)16(22)23-9-15(21)19-17-6-10-3-11(7-17)5-12(4-10)8-17/h10-13H,1-9H2,(H,18,20)(H,19,21). The van der Waals surface area contributed by atoms with Crippen LogP contribution >= 0.6 is 0 Å². The molecule has 1 heterocycles. The Hall–Kier alpha value is -1.59. The lowest BCUT2D eigenvalue weighted by atomic mass is 9.53. The highest BCUT2D eigenvalue weighted by Gasteiger charge is 2.51. The Labute approximate surface area is 135 Å². The minimum absolute atomic E-state index is 0.0557. The van der Waals surface area contributed by atoms with Gasteiger partial charge < -0.3 is 15.4 Å². The lowest BCUT2D eigenvalue weighted by Crippen LogP contribution is -2.60. The molecule has 0 aromatic carbocycles. The van der Waals surface area contributed by atoms with Gasteiger partial charge in [0.05, 0.1) is 0 Å². The number of nitrogens with one attached hydrogen (secondary N) is 2. The van der Waals surface area contributed by atoms with Crippen molar-refractivity contribution in [3.8, 4) is 0 Å². The molecular formula is C17H24N2O4. The summed E-state index contributed by atoms with van der Waals surface area (Å²) in [7, 11) is 0. The average Bonchev–Trinajstić information content (AvgIpc) is 2.89. The van der Waals surface area contributed by atoms with Crippen LogP contribution in [0.5, 0.6) is 0 Å². The van der Waals surface area contributed by atoms with Crippen molar-refractivity contribution in [2.45, 2.75) is 62.9 Å². The minimum atomic E-state index is -0.588. The Morgan fingerprint density at radius 2 is 1.74 bits per heavy atom. The van der Waals surface area contributed by atoms with E-state index in [1.54, 1.807) is 0 Å². The van der Waals surface area contributed by atoms with E-state index in [4.69, 9.17) is 4.74 Å². The molecule has 5 aliphatic rings. The molecule has 6 nitrogen and oxygen atoms in total. The number of carbonyl (C=O) groups excluding carboxylic acids is 3. The first-order valence-electron chi connectivity index (χ1n) is 8.78. The van der Waals surface area contributed by atoms with Crippen LogP contribution in [0.3, 0.4) is 0 Å². The van der Waals surface area contributed by atoms with Crippen LogP contribution in [-0.4, -0.2) is 36.0 Å². The first kappa shape index (κ1) is 15.0. The number of rotatable bonds is 4. The number of esters is 1. The first-order chi connectivity index (χ1) is 11.0. The van der Waals surface area contributed by atoms with E-state index in [1.807, 2.05) is 0 Å². The van der Waals surface area contributed by atoms with E-state index in [2.05, 4.69) is 10.6 Å². The predicted molar refractivity (Wildman–Crippen MR) is 81.2 cm³/mol. The number of amides is 2. The molecule has 1 atom stereocenters. The summed E-state index contributed by atoms with van der Waals surface area (Å²) in [5, 5.41) is 5.73. The Balaban J connectivity index is 1.29. The van der Waals surface area contributed by atoms with Gasteiger partial charge in [0.15, 0.2) is 6.61 Å². The van der Waals surface area contributed by atoms with E-state index < -0.39 is 12.0 Å². The second-order valence-electron chi connectivity index (χ2n) is 8.01. The van der Waals surface area contributed by atoms with E-state index in [1.165, 1.54) is 19.3 Å². The Bertz CT molecular complexity index is 509. The summed E-state index contributed by atoms with van der Waals surface area (Å²) in [4.78, 5) is 35.2. The van der Waals surface area contributed by atoms with Crippen LogP contribution in [0.1, 0.15) is 51.4 Å². The van der Waals surface area contributed by atoms with Gasteiger partial charge in [0, 0.05) is 12.0 Å². The summed E-state index contributed by atoms with van der Waals surface area (Å²) in [5.41, 5.74) is -0.0557. The molecule has 0 radical (unpaired) electrons. The number of ether oxygens (including phenoxy) is 1. The molecule has 23 heavy (non-hydrogen) atoms. The number of hydrogen-bond acceptors (Lipinski definition) is 4. The molecule has 5 rings (SSSR count). The van der Waals surface area contributed by atoms with Gasteiger partial charge in [-0.2, -0.15) is 0 Å². The molecule has 4 bridgehead atoms. The molecular weight excluding hydrogens is 296 g/mol. The Kier molecular flexibility index (Phi) is 3.58. The minimum Gasteiger partial charge on any atom is -0.454 e. The van der Waals surface area contributed by atoms with Crippen molar-refractivity contribution in [3.63, 3.8) is 0 Å². The average molecular weight is 320 g/mol. The van der Waals surface area contributed by atoms with E-state index >= 15 is 0 Å². The van der Waals surface area contributed by atoms with Crippen molar-refractivity contribution in [1.29, 1.82) is 0 Å². The van der Waals surface area contributed by atoms with Crippen LogP contribution < -0.4 is 10.6 Å². The highest BCUT2D eigenvalue weighted by Crippen LogP contribution is 2.55. The summed E-state index contributed by atoms with van der Waals surface area (Å²) in [5.74, 6) is 1.44. The normalized spacial score (nSPS) is 40.8. The first-order valence-corrected chi connectivity index (χ1v) is 8.78. The maximum atomic E-state index is 12.2. The van der Waals surface area contributed by atoms with E-state index in [-0.39, 0.29) is 24.0 Å². The van der Waals surface area contributed by atoms with Gasteiger partial charge in [-0.05, 0) is 62.7 Å². The molecule has 4 saturated carbocycles. The third kappa shape index (κ3) is 2.95. The Morgan fingerprint density at radius 1 is 1.13 bits per heavy atom. The van der Waals surface area contributed by atoms with Gasteiger partial charge in [-0.3, -0.25) is 9.59 Å². The molecule has 1 aliphatic heterocycles. The summed E-state index contributed by atoms with van der Waals surface area (Å²) in [6, 6.07) is -0.588. The van der Waals surface area contributed by atoms with Gasteiger partial charge in [0.1, 0.15) is 6.04 Å². The highest BCUT2D eigenvalue weighted by atomic mass is 16.5. The molecule has 2 N–H and O–H groups in total. The third-order valence-corrected chi connectivity index (χ3v) is 6.07. The summed E-state index contributed by atoms with van der Waals surface area (Å²) >= 11 is 0. The number of hydrogen-bond donors (Lipinski definition) is 2. The van der Waals surface area contributed by atoms with Crippen molar-refractivity contribution in [2.24, 2.45) is 17.8 Å². The predicted octanol–water partition coefficient (Wildman–Crippen LogP) is 0.893. The van der Waals surface area contributed by atoms with Crippen LogP contribution in [0, 0.1) is 17.8 Å². The lowest BCUT2D eigenvalue weighted by molar-refractivity contribution is -0.152. The monoisotopic (exact) mass is 320 g/mol. The summed E-state index contributed by atoms with van der Waals surface area (Å²) in [6.07, 6.45) is 8.02. The molecule has 2 amide bonds. The zero-order valence-corrected chi connectivity index (χ0v) is 13.3. The molecule has 1 saturated heterocycles.